The number of carboxylic acid groups (broad SMARTS) is 1. The number of aliphatic carboxylic acids is 1. The molecule has 0 atom stereocenters. The summed E-state index contributed by atoms with van der Waals surface area (Å²) >= 11 is 0. The van der Waals surface area contributed by atoms with Crippen LogP contribution in [0.25, 0.3) is 0 Å². The van der Waals surface area contributed by atoms with Gasteiger partial charge in [-0.05, 0) is 19.4 Å². The normalized spacial score (nSPS) is 10.6. The first kappa shape index (κ1) is 18.7. The van der Waals surface area contributed by atoms with Crippen molar-refractivity contribution in [1.29, 1.82) is 0 Å². The van der Waals surface area contributed by atoms with Crippen LogP contribution in [0.3, 0.4) is 0 Å². The number of carboxylic acids is 1. The molecule has 0 aliphatic heterocycles. The van der Waals surface area contributed by atoms with Crippen molar-refractivity contribution in [3.63, 3.8) is 0 Å². The Kier molecular flexibility index (Phi) is 13.0. The molecule has 0 spiro atoms. The lowest BCUT2D eigenvalue weighted by Crippen LogP contribution is -2.46. The molecule has 0 aromatic carbocycles. The number of hydrogen-bond donors (Lipinski definition) is 2. The topological polar surface area (TPSA) is 78.2 Å². The van der Waals surface area contributed by atoms with Crippen LogP contribution in [0.4, 0.5) is 0 Å². The fraction of sp³-hybridized carbons (Fsp3) is 0.917. The molecular formula is C12H29N3O2. The second-order valence-corrected chi connectivity index (χ2v) is 4.76. The summed E-state index contributed by atoms with van der Waals surface area (Å²) in [5, 5.41) is 12.6. The molecule has 5 nitrogen and oxygen atoms in total. The zero-order valence-corrected chi connectivity index (χ0v) is 11.8. The first-order valence-electron chi connectivity index (χ1n) is 6.35. The average Bonchev–Trinajstić information content (AvgIpc) is 2.16. The van der Waals surface area contributed by atoms with Gasteiger partial charge in [-0.2, -0.15) is 5.84 Å². The average molecular weight is 247 g/mol. The van der Waals surface area contributed by atoms with E-state index in [-0.39, 0.29) is 6.54 Å². The molecule has 0 aliphatic carbocycles. The van der Waals surface area contributed by atoms with Gasteiger partial charge in [-0.3, -0.25) is 4.59 Å². The van der Waals surface area contributed by atoms with Gasteiger partial charge in [-0.25, -0.2) is 0 Å². The first-order chi connectivity index (χ1) is 7.83. The van der Waals surface area contributed by atoms with Gasteiger partial charge >= 0.3 is 0 Å². The molecular weight excluding hydrogens is 218 g/mol. The quantitative estimate of drug-likeness (QED) is 0.271. The van der Waals surface area contributed by atoms with Crippen LogP contribution in [0.15, 0.2) is 0 Å². The molecule has 0 aromatic heterocycles. The lowest BCUT2D eigenvalue weighted by Gasteiger charge is -2.20. The fourth-order valence-electron chi connectivity index (χ4n) is 1.27. The number of carbonyl (C=O) groups excluding carboxylic acids is 1. The molecule has 0 unspecified atom stereocenters. The minimum Gasteiger partial charge on any atom is -0.549 e. The highest BCUT2D eigenvalue weighted by Crippen LogP contribution is 1.90. The third kappa shape index (κ3) is 25.5. The summed E-state index contributed by atoms with van der Waals surface area (Å²) in [4.78, 5) is 9.86. The largest absolute Gasteiger partial charge is 0.549 e. The molecule has 0 rings (SSSR count). The molecule has 0 heterocycles. The van der Waals surface area contributed by atoms with Crippen LogP contribution in [-0.4, -0.2) is 44.3 Å². The van der Waals surface area contributed by atoms with E-state index in [4.69, 9.17) is 5.84 Å². The summed E-state index contributed by atoms with van der Waals surface area (Å²) in [6.45, 7) is 6.05. The Bertz CT molecular complexity index is 179. The van der Waals surface area contributed by atoms with E-state index in [1.54, 1.807) is 0 Å². The van der Waals surface area contributed by atoms with E-state index in [2.05, 4.69) is 19.2 Å². The highest BCUT2D eigenvalue weighted by molar-refractivity contribution is 5.66. The van der Waals surface area contributed by atoms with Crippen LogP contribution >= 0.6 is 0 Å². The number of nitrogens with zero attached hydrogens (tertiary/aromatic N) is 1. The monoisotopic (exact) mass is 247 g/mol. The van der Waals surface area contributed by atoms with E-state index in [0.717, 1.165) is 38.8 Å². The van der Waals surface area contributed by atoms with Gasteiger partial charge in [0, 0.05) is 6.54 Å². The molecule has 0 bridgehead atoms. The molecule has 3 N–H and O–H groups in total. The van der Waals surface area contributed by atoms with Crippen molar-refractivity contribution in [2.45, 2.75) is 39.5 Å². The van der Waals surface area contributed by atoms with Crippen molar-refractivity contribution >= 4 is 5.97 Å². The molecule has 104 valence electrons. The van der Waals surface area contributed by atoms with Crippen LogP contribution in [0.5, 0.6) is 0 Å². The third-order valence-electron chi connectivity index (χ3n) is 2.03. The summed E-state index contributed by atoms with van der Waals surface area (Å²) in [6, 6.07) is 0. The summed E-state index contributed by atoms with van der Waals surface area (Å²) in [6.07, 6.45) is 4.51. The van der Waals surface area contributed by atoms with Crippen molar-refractivity contribution in [2.75, 3.05) is 33.7 Å². The van der Waals surface area contributed by atoms with Crippen LogP contribution in [0, 0.1) is 0 Å². The van der Waals surface area contributed by atoms with Crippen molar-refractivity contribution in [2.24, 2.45) is 5.84 Å². The molecule has 0 amide bonds. The maximum absolute atomic E-state index is 9.86. The molecule has 17 heavy (non-hydrogen) atoms. The minimum absolute atomic E-state index is 0.0241. The van der Waals surface area contributed by atoms with Crippen molar-refractivity contribution < 1.29 is 14.5 Å². The van der Waals surface area contributed by atoms with Gasteiger partial charge in [-0.1, -0.05) is 26.7 Å². The molecule has 0 saturated carbocycles. The Morgan fingerprint density at radius 3 is 2.12 bits per heavy atom. The molecule has 0 radical (unpaired) electrons. The van der Waals surface area contributed by atoms with Gasteiger partial charge in [-0.15, -0.1) is 0 Å². The van der Waals surface area contributed by atoms with Crippen LogP contribution < -0.4 is 16.3 Å². The molecule has 0 aliphatic rings. The zero-order valence-electron chi connectivity index (χ0n) is 11.8. The molecule has 5 heteroatoms. The van der Waals surface area contributed by atoms with Gasteiger partial charge in [0.1, 0.15) is 0 Å². The summed E-state index contributed by atoms with van der Waals surface area (Å²) in [5.41, 5.74) is 0. The highest BCUT2D eigenvalue weighted by atomic mass is 16.4. The second-order valence-electron chi connectivity index (χ2n) is 4.76. The smallest absolute Gasteiger partial charge is 0.0953 e. The Hall–Kier alpha value is -0.650. The summed E-state index contributed by atoms with van der Waals surface area (Å²) < 4.78 is 0.594. The number of nitrogens with two attached hydrogens (primary N) is 1. The zero-order chi connectivity index (χ0) is 13.7. The molecule has 0 saturated heterocycles. The fourth-order valence-corrected chi connectivity index (χ4v) is 1.27. The summed E-state index contributed by atoms with van der Waals surface area (Å²) in [5.74, 6) is 4.55. The number of rotatable bonds is 8. The molecule has 0 fully saturated rings. The van der Waals surface area contributed by atoms with E-state index < -0.39 is 5.97 Å². The second kappa shape index (κ2) is 11.8. The Morgan fingerprint density at radius 1 is 1.24 bits per heavy atom. The van der Waals surface area contributed by atoms with E-state index in [0.29, 0.717) is 4.59 Å². The third-order valence-corrected chi connectivity index (χ3v) is 2.03. The number of carbonyl (C=O) groups is 1. The number of unbranched alkanes of at least 4 members (excludes halogenated alkanes) is 2. The Balaban J connectivity index is 0. The maximum atomic E-state index is 9.86. The number of hydrogen-bond acceptors (Lipinski definition) is 4. The van der Waals surface area contributed by atoms with Crippen molar-refractivity contribution in [3.8, 4) is 0 Å². The maximum Gasteiger partial charge on any atom is 0.0953 e. The SMILES string of the molecule is CCCCCNCC(=O)[O-].CCC[N+](C)(C)N. The van der Waals surface area contributed by atoms with E-state index >= 15 is 0 Å². The van der Waals surface area contributed by atoms with Crippen molar-refractivity contribution in [1.82, 2.24) is 5.32 Å². The van der Waals surface area contributed by atoms with Gasteiger partial charge in [0.05, 0.1) is 26.6 Å². The lowest BCUT2D eigenvalue weighted by molar-refractivity contribution is -0.902. The van der Waals surface area contributed by atoms with Crippen molar-refractivity contribution in [3.05, 3.63) is 0 Å². The van der Waals surface area contributed by atoms with Crippen LogP contribution in [0.2, 0.25) is 0 Å². The summed E-state index contributed by atoms with van der Waals surface area (Å²) in [7, 11) is 3.98. The Labute approximate surface area is 106 Å². The van der Waals surface area contributed by atoms with E-state index in [1.807, 2.05) is 14.1 Å². The predicted octanol–water partition coefficient (Wildman–Crippen LogP) is -0.137. The van der Waals surface area contributed by atoms with E-state index in [9.17, 15) is 9.90 Å². The number of nitrogens with one attached hydrogen (secondary N) is 1. The lowest BCUT2D eigenvalue weighted by atomic mass is 10.2. The van der Waals surface area contributed by atoms with Gasteiger partial charge in [0.25, 0.3) is 0 Å². The van der Waals surface area contributed by atoms with Crippen LogP contribution in [0.1, 0.15) is 39.5 Å². The predicted molar refractivity (Wildman–Crippen MR) is 68.9 cm³/mol. The number of quaternary nitrogens is 1. The first-order valence-corrected chi connectivity index (χ1v) is 6.35. The van der Waals surface area contributed by atoms with Gasteiger partial charge in [0.15, 0.2) is 0 Å². The van der Waals surface area contributed by atoms with Gasteiger partial charge in [0.2, 0.25) is 0 Å². The standard InChI is InChI=1S/C7H15NO2.C5H15N2/c1-2-3-4-5-8-6-7(9)10;1-4-5-7(2,3)6/h8H,2-6H2,1H3,(H,9,10);4-6H2,1-3H3/q;+1/p-1. The van der Waals surface area contributed by atoms with E-state index in [1.165, 1.54) is 0 Å². The highest BCUT2D eigenvalue weighted by Gasteiger charge is 2.02. The Morgan fingerprint density at radius 2 is 1.82 bits per heavy atom. The molecule has 0 aromatic rings. The minimum atomic E-state index is -1.03. The van der Waals surface area contributed by atoms with Crippen LogP contribution in [-0.2, 0) is 4.79 Å². The van der Waals surface area contributed by atoms with Gasteiger partial charge < -0.3 is 15.2 Å².